The molecule has 0 aliphatic rings. The summed E-state index contributed by atoms with van der Waals surface area (Å²) in [6, 6.07) is 6.12. The Bertz CT molecular complexity index is 562. The van der Waals surface area contributed by atoms with Crippen molar-refractivity contribution in [3.8, 4) is 0 Å². The normalized spacial score (nSPS) is 13.0. The third-order valence-corrected chi connectivity index (χ3v) is 3.81. The second-order valence-electron chi connectivity index (χ2n) is 4.87. The summed E-state index contributed by atoms with van der Waals surface area (Å²) in [6.45, 7) is 2.86. The first-order valence-electron chi connectivity index (χ1n) is 6.92. The summed E-state index contributed by atoms with van der Waals surface area (Å²) in [5.74, 6) is 1.57. The summed E-state index contributed by atoms with van der Waals surface area (Å²) in [6.07, 6.45) is 2.90. The van der Waals surface area contributed by atoms with Crippen molar-refractivity contribution in [1.82, 2.24) is 9.55 Å². The molecule has 0 amide bonds. The molecule has 20 heavy (non-hydrogen) atoms. The van der Waals surface area contributed by atoms with E-state index >= 15 is 0 Å². The van der Waals surface area contributed by atoms with E-state index in [1.54, 1.807) is 7.11 Å². The number of hydrogen-bond acceptors (Lipinski definition) is 2. The minimum absolute atomic E-state index is 0.286. The number of hydrogen-bond donors (Lipinski definition) is 0. The maximum atomic E-state index is 6.06. The quantitative estimate of drug-likeness (QED) is 0.705. The van der Waals surface area contributed by atoms with Gasteiger partial charge in [-0.3, -0.25) is 0 Å². The number of imidazole rings is 1. The van der Waals surface area contributed by atoms with Crippen molar-refractivity contribution in [3.63, 3.8) is 0 Å². The van der Waals surface area contributed by atoms with Gasteiger partial charge in [-0.1, -0.05) is 24.9 Å². The van der Waals surface area contributed by atoms with Gasteiger partial charge in [0.15, 0.2) is 0 Å². The van der Waals surface area contributed by atoms with Crippen molar-refractivity contribution in [2.45, 2.75) is 32.2 Å². The molecular weight excluding hydrogens is 295 g/mol. The van der Waals surface area contributed by atoms with E-state index in [0.717, 1.165) is 36.1 Å². The third-order valence-electron chi connectivity index (χ3n) is 3.39. The van der Waals surface area contributed by atoms with Crippen LogP contribution in [0.5, 0.6) is 0 Å². The summed E-state index contributed by atoms with van der Waals surface area (Å²) < 4.78 is 7.64. The Hall–Kier alpha value is -0.770. The zero-order valence-corrected chi connectivity index (χ0v) is 13.4. The van der Waals surface area contributed by atoms with Gasteiger partial charge in [-0.25, -0.2) is 4.98 Å². The molecule has 1 atom stereocenters. The Labute approximate surface area is 129 Å². The van der Waals surface area contributed by atoms with E-state index in [1.165, 1.54) is 0 Å². The Kier molecular flexibility index (Phi) is 5.70. The van der Waals surface area contributed by atoms with Crippen LogP contribution in [0.4, 0.5) is 0 Å². The van der Waals surface area contributed by atoms with E-state index in [9.17, 15) is 0 Å². The van der Waals surface area contributed by atoms with Crippen LogP contribution in [0.15, 0.2) is 18.2 Å². The lowest BCUT2D eigenvalue weighted by atomic mass is 10.1. The summed E-state index contributed by atoms with van der Waals surface area (Å²) in [5, 5.41) is 0.707. The highest BCUT2D eigenvalue weighted by Crippen LogP contribution is 2.27. The second-order valence-corrected chi connectivity index (χ2v) is 5.68. The molecule has 1 aromatic heterocycles. The number of halogens is 2. The van der Waals surface area contributed by atoms with Gasteiger partial charge in [0.25, 0.3) is 0 Å². The SMILES string of the molecule is CCCC(COC)n1c(CCCl)nc2cc(Cl)ccc21. The van der Waals surface area contributed by atoms with Crippen molar-refractivity contribution in [3.05, 3.63) is 29.0 Å². The molecule has 0 aliphatic carbocycles. The lowest BCUT2D eigenvalue weighted by Crippen LogP contribution is -2.17. The van der Waals surface area contributed by atoms with Crippen molar-refractivity contribution >= 4 is 34.2 Å². The van der Waals surface area contributed by atoms with Crippen LogP contribution in [0.2, 0.25) is 5.02 Å². The molecule has 0 aliphatic heterocycles. The number of aromatic nitrogens is 2. The van der Waals surface area contributed by atoms with E-state index in [4.69, 9.17) is 27.9 Å². The fraction of sp³-hybridized carbons (Fsp3) is 0.533. The molecule has 2 rings (SSSR count). The molecule has 5 heteroatoms. The smallest absolute Gasteiger partial charge is 0.111 e. The van der Waals surface area contributed by atoms with Gasteiger partial charge in [-0.2, -0.15) is 0 Å². The van der Waals surface area contributed by atoms with Crippen LogP contribution in [0.25, 0.3) is 11.0 Å². The fourth-order valence-corrected chi connectivity index (χ4v) is 2.94. The number of aryl methyl sites for hydroxylation is 1. The van der Waals surface area contributed by atoms with Crippen LogP contribution >= 0.6 is 23.2 Å². The van der Waals surface area contributed by atoms with Crippen LogP contribution in [0.3, 0.4) is 0 Å². The molecule has 0 saturated heterocycles. The lowest BCUT2D eigenvalue weighted by Gasteiger charge is -2.20. The maximum absolute atomic E-state index is 6.06. The van der Waals surface area contributed by atoms with Gasteiger partial charge in [-0.05, 0) is 24.6 Å². The van der Waals surface area contributed by atoms with Crippen LogP contribution in [-0.4, -0.2) is 29.1 Å². The first kappa shape index (κ1) is 15.6. The van der Waals surface area contributed by atoms with Gasteiger partial charge in [-0.15, -0.1) is 11.6 Å². The van der Waals surface area contributed by atoms with Crippen molar-refractivity contribution in [1.29, 1.82) is 0 Å². The zero-order valence-electron chi connectivity index (χ0n) is 11.9. The Morgan fingerprint density at radius 2 is 2.20 bits per heavy atom. The molecule has 1 unspecified atom stereocenters. The Morgan fingerprint density at radius 1 is 1.40 bits per heavy atom. The van der Waals surface area contributed by atoms with Crippen LogP contribution < -0.4 is 0 Å². The monoisotopic (exact) mass is 314 g/mol. The van der Waals surface area contributed by atoms with E-state index in [1.807, 2.05) is 18.2 Å². The molecule has 2 aromatic rings. The Morgan fingerprint density at radius 3 is 2.85 bits per heavy atom. The molecule has 3 nitrogen and oxygen atoms in total. The average Bonchev–Trinajstić information content (AvgIpc) is 2.76. The number of ether oxygens (including phenoxy) is 1. The van der Waals surface area contributed by atoms with Gasteiger partial charge >= 0.3 is 0 Å². The molecule has 0 fully saturated rings. The molecule has 0 bridgehead atoms. The topological polar surface area (TPSA) is 27.1 Å². The summed E-state index contributed by atoms with van der Waals surface area (Å²) >= 11 is 12.0. The minimum Gasteiger partial charge on any atom is -0.383 e. The van der Waals surface area contributed by atoms with E-state index in [0.29, 0.717) is 17.5 Å². The number of nitrogens with zero attached hydrogens (tertiary/aromatic N) is 2. The molecule has 0 saturated carbocycles. The highest BCUT2D eigenvalue weighted by Gasteiger charge is 2.18. The zero-order chi connectivity index (χ0) is 14.5. The number of rotatable bonds is 7. The highest BCUT2D eigenvalue weighted by atomic mass is 35.5. The van der Waals surface area contributed by atoms with Crippen molar-refractivity contribution < 1.29 is 4.74 Å². The number of alkyl halides is 1. The number of methoxy groups -OCH3 is 1. The van der Waals surface area contributed by atoms with Gasteiger partial charge in [0.05, 0.1) is 23.7 Å². The first-order valence-corrected chi connectivity index (χ1v) is 7.83. The standard InChI is InChI=1S/C15H20Cl2N2O/c1-3-4-12(10-20-2)19-14-6-5-11(17)9-13(14)18-15(19)7-8-16/h5-6,9,12H,3-4,7-8,10H2,1-2H3. The largest absolute Gasteiger partial charge is 0.383 e. The molecule has 0 spiro atoms. The van der Waals surface area contributed by atoms with Crippen molar-refractivity contribution in [2.75, 3.05) is 19.6 Å². The Balaban J connectivity index is 2.53. The molecule has 0 radical (unpaired) electrons. The van der Waals surface area contributed by atoms with E-state index in [2.05, 4.69) is 16.5 Å². The van der Waals surface area contributed by atoms with Crippen LogP contribution in [-0.2, 0) is 11.2 Å². The second kappa shape index (κ2) is 7.30. The highest BCUT2D eigenvalue weighted by molar-refractivity contribution is 6.31. The molecule has 110 valence electrons. The van der Waals surface area contributed by atoms with Crippen LogP contribution in [0.1, 0.15) is 31.6 Å². The predicted octanol–water partition coefficient (Wildman–Crippen LogP) is 4.46. The van der Waals surface area contributed by atoms with E-state index in [-0.39, 0.29) is 6.04 Å². The summed E-state index contributed by atoms with van der Waals surface area (Å²) in [4.78, 5) is 4.69. The summed E-state index contributed by atoms with van der Waals surface area (Å²) in [5.41, 5.74) is 2.03. The fourth-order valence-electron chi connectivity index (χ4n) is 2.60. The average molecular weight is 315 g/mol. The maximum Gasteiger partial charge on any atom is 0.111 e. The molecule has 0 N–H and O–H groups in total. The van der Waals surface area contributed by atoms with Gasteiger partial charge < -0.3 is 9.30 Å². The predicted molar refractivity (Wildman–Crippen MR) is 85.0 cm³/mol. The lowest BCUT2D eigenvalue weighted by molar-refractivity contribution is 0.151. The van der Waals surface area contributed by atoms with Gasteiger partial charge in [0.1, 0.15) is 5.82 Å². The van der Waals surface area contributed by atoms with Crippen LogP contribution in [0, 0.1) is 0 Å². The molecule has 1 aromatic carbocycles. The minimum atomic E-state index is 0.286. The third kappa shape index (κ3) is 3.27. The summed E-state index contributed by atoms with van der Waals surface area (Å²) in [7, 11) is 1.74. The molecule has 1 heterocycles. The van der Waals surface area contributed by atoms with Gasteiger partial charge in [0.2, 0.25) is 0 Å². The number of fused-ring (bicyclic) bond motifs is 1. The van der Waals surface area contributed by atoms with Gasteiger partial charge in [0, 0.05) is 24.4 Å². The van der Waals surface area contributed by atoms with Crippen molar-refractivity contribution in [2.24, 2.45) is 0 Å². The van der Waals surface area contributed by atoms with E-state index < -0.39 is 0 Å². The number of benzene rings is 1. The molecular formula is C15H20Cl2N2O. The first-order chi connectivity index (χ1) is 9.71.